The van der Waals surface area contributed by atoms with E-state index in [0.29, 0.717) is 0 Å². The highest BCUT2D eigenvalue weighted by molar-refractivity contribution is 7.20. The summed E-state index contributed by atoms with van der Waals surface area (Å²) in [6, 6.07) is 149. The van der Waals surface area contributed by atoms with Crippen LogP contribution in [0.15, 0.2) is 394 Å². The molecule has 0 N–H and O–H groups in total. The van der Waals surface area contributed by atoms with Crippen LogP contribution in [0.1, 0.15) is 52.7 Å². The summed E-state index contributed by atoms with van der Waals surface area (Å²) in [5, 5.41) is 5.38. The lowest BCUT2D eigenvalue weighted by atomic mass is 9.33. The van der Waals surface area contributed by atoms with E-state index in [4.69, 9.17) is 0 Å². The molecule has 0 amide bonds. The first-order valence-corrected chi connectivity index (χ1v) is 40.0. The summed E-state index contributed by atoms with van der Waals surface area (Å²) >= 11 is 0. The zero-order valence-electron chi connectivity index (χ0n) is 62.0. The van der Waals surface area contributed by atoms with Gasteiger partial charge in [-0.2, -0.15) is 0 Å². The Morgan fingerprint density at radius 1 is 0.222 bits per heavy atom. The number of benzene rings is 16. The Balaban J connectivity index is 0.986. The molecule has 2 aliphatic rings. The molecule has 0 bridgehead atoms. The van der Waals surface area contributed by atoms with E-state index in [1.807, 2.05) is 0 Å². The second-order valence-corrected chi connectivity index (χ2v) is 34.9. The van der Waals surface area contributed by atoms with Crippen molar-refractivity contribution in [3.8, 4) is 89.0 Å². The predicted octanol–water partition coefficient (Wildman–Crippen LogP) is 23.1. The highest BCUT2D eigenvalue weighted by atomic mass is 28.3. The summed E-state index contributed by atoms with van der Waals surface area (Å²) in [6.45, 7) is 14.0. The summed E-state index contributed by atoms with van der Waals surface area (Å²) in [6.07, 6.45) is 0. The Bertz CT molecular complexity index is 5730. The number of nitrogens with zero attached hydrogens (tertiary/aromatic N) is 2. The maximum atomic E-state index is 2.71. The van der Waals surface area contributed by atoms with Gasteiger partial charge in [0.05, 0.1) is 11.4 Å². The van der Waals surface area contributed by atoms with Crippen LogP contribution in [0.25, 0.3) is 89.0 Å². The van der Waals surface area contributed by atoms with Gasteiger partial charge in [-0.15, -0.1) is 0 Å². The first-order chi connectivity index (χ1) is 52.9. The highest BCUT2D eigenvalue weighted by Crippen LogP contribution is 2.55. The molecule has 0 aliphatic carbocycles. The molecule has 108 heavy (non-hydrogen) atoms. The molecule has 18 rings (SSSR count). The summed E-state index contributed by atoms with van der Waals surface area (Å²) in [7, 11) is -2.87. The van der Waals surface area contributed by atoms with Crippen LogP contribution < -0.4 is 46.9 Å². The van der Waals surface area contributed by atoms with Gasteiger partial charge < -0.3 is 9.80 Å². The van der Waals surface area contributed by atoms with Crippen LogP contribution in [0.5, 0.6) is 0 Å². The third-order valence-corrected chi connectivity index (χ3v) is 27.3. The van der Waals surface area contributed by atoms with E-state index in [1.54, 1.807) is 0 Å². The number of rotatable bonds is 14. The Hall–Kier alpha value is -12.6. The fourth-order valence-electron chi connectivity index (χ4n) is 17.3. The van der Waals surface area contributed by atoms with Gasteiger partial charge in [-0.3, -0.25) is 0 Å². The quantitative estimate of drug-likeness (QED) is 0.0791. The van der Waals surface area contributed by atoms with Gasteiger partial charge in [0.25, 0.3) is 6.71 Å². The monoisotopic (exact) mass is 1400 g/mol. The molecular formula is C104H83BN2Si. The van der Waals surface area contributed by atoms with Gasteiger partial charge in [-0.1, -0.05) is 387 Å². The van der Waals surface area contributed by atoms with Crippen LogP contribution >= 0.6 is 0 Å². The Morgan fingerprint density at radius 3 is 0.880 bits per heavy atom. The molecule has 0 saturated heterocycles. The standard InChI is InChI=1S/C104H83BN2Si/c1-103(2,3)83-70-98-100-99(71-83)107(102-91(77-44-24-11-25-45-77)66-82(73-38-18-8-19-39-73)67-92(102)78-46-26-12-27-47-78)97-63-59-80(88-54-34-35-55-93(88)104(4,5)6)69-95(97)105(100)94-68-79(74-56-60-87(61-57-74)108(84-48-28-13-29-49-84,85-50-30-14-31-51-85)86-52-32-15-33-53-86)58-62-96(94)106(98)101-89(75-40-20-9-21-41-75)64-81(72-36-16-7-17-37-72)65-90(101)76-42-22-10-23-43-76/h7-71H,1-6H3. The molecule has 16 aromatic carbocycles. The highest BCUT2D eigenvalue weighted by Gasteiger charge is 2.47. The Kier molecular flexibility index (Phi) is 17.3. The molecule has 4 heteroatoms. The van der Waals surface area contributed by atoms with Gasteiger partial charge in [0.1, 0.15) is 0 Å². The van der Waals surface area contributed by atoms with Gasteiger partial charge in [0, 0.05) is 45.0 Å². The van der Waals surface area contributed by atoms with Gasteiger partial charge in [-0.25, -0.2) is 0 Å². The molecular weight excluding hydrogens is 1320 g/mol. The van der Waals surface area contributed by atoms with Crippen LogP contribution in [0.3, 0.4) is 0 Å². The van der Waals surface area contributed by atoms with Crippen molar-refractivity contribution in [2.24, 2.45) is 0 Å². The summed E-state index contributed by atoms with van der Waals surface area (Å²) in [5.41, 5.74) is 31.1. The van der Waals surface area contributed by atoms with Crippen molar-refractivity contribution in [1.29, 1.82) is 0 Å². The average molecular weight is 1400 g/mol. The molecule has 2 heterocycles. The maximum absolute atomic E-state index is 2.87. The van der Waals surface area contributed by atoms with Crippen molar-refractivity contribution in [2.75, 3.05) is 9.80 Å². The molecule has 0 radical (unpaired) electrons. The number of fused-ring (bicyclic) bond motifs is 4. The molecule has 0 unspecified atom stereocenters. The lowest BCUT2D eigenvalue weighted by molar-refractivity contribution is 0.590. The zero-order valence-corrected chi connectivity index (χ0v) is 63.0. The summed E-state index contributed by atoms with van der Waals surface area (Å²) in [4.78, 5) is 5.42. The minimum Gasteiger partial charge on any atom is -0.310 e. The second kappa shape index (κ2) is 27.7. The SMILES string of the molecule is CC(C)(C)c1cc2c3c(c1)N(c1c(-c4ccccc4)cc(-c4ccccc4)cc1-c1ccccc1)c1ccc(-c4ccccc4C(C)(C)C)cc1B3c1cc(-c3ccc([Si](c4ccccc4)(c4ccccc4)c4ccccc4)cc3)ccc1N2c1c(-c2ccccc2)cc(-c2ccccc2)cc1-c1ccccc1. The molecule has 0 saturated carbocycles. The van der Waals surface area contributed by atoms with E-state index in [2.05, 4.69) is 446 Å². The van der Waals surface area contributed by atoms with Crippen molar-refractivity contribution < 1.29 is 0 Å². The zero-order chi connectivity index (χ0) is 73.1. The smallest absolute Gasteiger partial charge is 0.252 e. The van der Waals surface area contributed by atoms with Crippen LogP contribution in [0, 0.1) is 0 Å². The topological polar surface area (TPSA) is 6.48 Å². The van der Waals surface area contributed by atoms with E-state index in [1.165, 1.54) is 59.4 Å². The Morgan fingerprint density at radius 2 is 0.519 bits per heavy atom. The number of hydrogen-bond acceptors (Lipinski definition) is 2. The average Bonchev–Trinajstić information content (AvgIpc) is 0.686. The summed E-state index contributed by atoms with van der Waals surface area (Å²) in [5.74, 6) is 0. The van der Waals surface area contributed by atoms with Crippen LogP contribution in [0.2, 0.25) is 0 Å². The van der Waals surface area contributed by atoms with Gasteiger partial charge >= 0.3 is 0 Å². The van der Waals surface area contributed by atoms with Gasteiger partial charge in [0.2, 0.25) is 0 Å². The molecule has 0 aromatic heterocycles. The van der Waals surface area contributed by atoms with Gasteiger partial charge in [-0.05, 0) is 174 Å². The van der Waals surface area contributed by atoms with Crippen molar-refractivity contribution in [3.63, 3.8) is 0 Å². The molecule has 0 spiro atoms. The van der Waals surface area contributed by atoms with Gasteiger partial charge in [0.15, 0.2) is 8.07 Å². The molecule has 2 aliphatic heterocycles. The lowest BCUT2D eigenvalue weighted by Gasteiger charge is -2.46. The van der Waals surface area contributed by atoms with Crippen molar-refractivity contribution in [2.45, 2.75) is 52.4 Å². The number of hydrogen-bond donors (Lipinski definition) is 0. The minimum atomic E-state index is -2.87. The Labute approximate surface area is 638 Å². The van der Waals surface area contributed by atoms with E-state index in [9.17, 15) is 0 Å². The number of anilines is 6. The fourth-order valence-corrected chi connectivity index (χ4v) is 22.1. The van der Waals surface area contributed by atoms with Crippen molar-refractivity contribution >= 4 is 86.0 Å². The third-order valence-electron chi connectivity index (χ3n) is 22.5. The van der Waals surface area contributed by atoms with Crippen molar-refractivity contribution in [1.82, 2.24) is 0 Å². The molecule has 0 atom stereocenters. The minimum absolute atomic E-state index is 0.145. The first-order valence-electron chi connectivity index (χ1n) is 38.0. The molecule has 2 nitrogen and oxygen atoms in total. The largest absolute Gasteiger partial charge is 0.310 e. The predicted molar refractivity (Wildman–Crippen MR) is 465 cm³/mol. The van der Waals surface area contributed by atoms with E-state index in [-0.39, 0.29) is 17.5 Å². The van der Waals surface area contributed by atoms with Crippen molar-refractivity contribution in [3.05, 3.63) is 405 Å². The normalized spacial score (nSPS) is 12.5. The third kappa shape index (κ3) is 11.9. The molecule has 516 valence electrons. The second-order valence-electron chi connectivity index (χ2n) is 31.1. The van der Waals surface area contributed by atoms with E-state index in [0.717, 1.165) is 112 Å². The molecule has 16 aromatic rings. The van der Waals surface area contributed by atoms with E-state index >= 15 is 0 Å². The molecule has 0 fully saturated rings. The van der Waals surface area contributed by atoms with E-state index < -0.39 is 8.07 Å². The van der Waals surface area contributed by atoms with Crippen LogP contribution in [-0.4, -0.2) is 14.8 Å². The maximum Gasteiger partial charge on any atom is 0.252 e. The van der Waals surface area contributed by atoms with Crippen LogP contribution in [0.4, 0.5) is 34.1 Å². The summed E-state index contributed by atoms with van der Waals surface area (Å²) < 4.78 is 0. The lowest BCUT2D eigenvalue weighted by Crippen LogP contribution is -2.74. The first kappa shape index (κ1) is 67.3. The van der Waals surface area contributed by atoms with Crippen LogP contribution in [-0.2, 0) is 10.8 Å². The fraction of sp³-hybridized carbons (Fsp3) is 0.0769.